The van der Waals surface area contributed by atoms with E-state index in [0.29, 0.717) is 6.04 Å². The van der Waals surface area contributed by atoms with Gasteiger partial charge in [0, 0.05) is 17.6 Å². The van der Waals surface area contributed by atoms with Crippen molar-refractivity contribution in [1.82, 2.24) is 10.4 Å². The second kappa shape index (κ2) is 4.29. The summed E-state index contributed by atoms with van der Waals surface area (Å²) in [6.45, 7) is 0. The zero-order valence-corrected chi connectivity index (χ0v) is 10.9. The maximum atomic E-state index is 5.83. The van der Waals surface area contributed by atoms with Gasteiger partial charge < -0.3 is 0 Å². The minimum Gasteiger partial charge on any atom is -0.271 e. The van der Waals surface area contributed by atoms with Crippen LogP contribution in [0.5, 0.6) is 0 Å². The quantitative estimate of drug-likeness (QED) is 0.653. The molecule has 3 N–H and O–H groups in total. The van der Waals surface area contributed by atoms with Crippen molar-refractivity contribution < 1.29 is 0 Å². The molecule has 2 fully saturated rings. The fourth-order valence-corrected chi connectivity index (χ4v) is 4.09. The number of nitrogens with one attached hydrogen (secondary N) is 1. The highest BCUT2D eigenvalue weighted by Crippen LogP contribution is 2.62. The van der Waals surface area contributed by atoms with E-state index in [1.165, 1.54) is 30.2 Å². The van der Waals surface area contributed by atoms with Gasteiger partial charge in [-0.3, -0.25) is 16.3 Å². The maximum absolute atomic E-state index is 5.83. The Balaban J connectivity index is 1.68. The molecule has 1 aromatic heterocycles. The molecule has 0 bridgehead atoms. The van der Waals surface area contributed by atoms with Gasteiger partial charge in [0.2, 0.25) is 0 Å². The number of benzene rings is 1. The summed E-state index contributed by atoms with van der Waals surface area (Å²) in [6, 6.07) is 10.9. The second-order valence-electron chi connectivity index (χ2n) is 5.94. The lowest BCUT2D eigenvalue weighted by Gasteiger charge is -2.18. The Labute approximate surface area is 113 Å². The molecule has 19 heavy (non-hydrogen) atoms. The van der Waals surface area contributed by atoms with Crippen LogP contribution in [0, 0.1) is 17.8 Å². The molecule has 2 aromatic rings. The normalized spacial score (nSPS) is 30.3. The molecule has 2 aliphatic carbocycles. The molecule has 0 radical (unpaired) electrons. The molecular formula is C16H19N3. The van der Waals surface area contributed by atoms with Gasteiger partial charge in [-0.2, -0.15) is 0 Å². The predicted octanol–water partition coefficient (Wildman–Crippen LogP) is 2.79. The van der Waals surface area contributed by atoms with E-state index in [-0.39, 0.29) is 0 Å². The molecule has 4 rings (SSSR count). The van der Waals surface area contributed by atoms with Crippen LogP contribution in [0.25, 0.3) is 10.9 Å². The summed E-state index contributed by atoms with van der Waals surface area (Å²) in [6.07, 6.45) is 6.03. The molecule has 3 unspecified atom stereocenters. The van der Waals surface area contributed by atoms with Gasteiger partial charge in [0.25, 0.3) is 0 Å². The number of pyridine rings is 1. The molecule has 3 heteroatoms. The molecule has 98 valence electrons. The third kappa shape index (κ3) is 1.77. The van der Waals surface area contributed by atoms with Gasteiger partial charge in [-0.05, 0) is 54.4 Å². The van der Waals surface area contributed by atoms with Crippen molar-refractivity contribution in [2.45, 2.75) is 25.3 Å². The summed E-state index contributed by atoms with van der Waals surface area (Å²) in [5, 5.41) is 1.20. The van der Waals surface area contributed by atoms with Crippen molar-refractivity contribution in [2.75, 3.05) is 0 Å². The van der Waals surface area contributed by atoms with Gasteiger partial charge in [-0.15, -0.1) is 0 Å². The van der Waals surface area contributed by atoms with Crippen LogP contribution in [0.15, 0.2) is 36.5 Å². The molecule has 2 aliphatic rings. The molecule has 2 saturated carbocycles. The van der Waals surface area contributed by atoms with E-state index in [1.54, 1.807) is 0 Å². The van der Waals surface area contributed by atoms with E-state index in [0.717, 1.165) is 23.3 Å². The molecule has 0 aliphatic heterocycles. The highest BCUT2D eigenvalue weighted by Gasteiger charge is 2.55. The molecule has 0 amide bonds. The topological polar surface area (TPSA) is 50.9 Å². The lowest BCUT2D eigenvalue weighted by Crippen LogP contribution is -2.30. The van der Waals surface area contributed by atoms with Crippen molar-refractivity contribution in [3.05, 3.63) is 42.1 Å². The molecular weight excluding hydrogens is 234 g/mol. The van der Waals surface area contributed by atoms with Crippen molar-refractivity contribution in [2.24, 2.45) is 23.6 Å². The van der Waals surface area contributed by atoms with Crippen LogP contribution < -0.4 is 11.3 Å². The number of hydrogen-bond acceptors (Lipinski definition) is 3. The number of hydrazine groups is 1. The van der Waals surface area contributed by atoms with Crippen LogP contribution in [0.3, 0.4) is 0 Å². The summed E-state index contributed by atoms with van der Waals surface area (Å²) >= 11 is 0. The van der Waals surface area contributed by atoms with E-state index in [2.05, 4.69) is 34.7 Å². The second-order valence-corrected chi connectivity index (χ2v) is 5.94. The molecule has 0 saturated heterocycles. The van der Waals surface area contributed by atoms with Crippen LogP contribution >= 0.6 is 0 Å². The lowest BCUT2D eigenvalue weighted by molar-refractivity contribution is 0.425. The molecule has 3 nitrogen and oxygen atoms in total. The first-order chi connectivity index (χ1) is 9.38. The largest absolute Gasteiger partial charge is 0.271 e. The van der Waals surface area contributed by atoms with Gasteiger partial charge in [0.05, 0.1) is 5.52 Å². The molecule has 1 heterocycles. The molecule has 1 aromatic carbocycles. The number of nitrogens with zero attached hydrogens (tertiary/aromatic N) is 1. The van der Waals surface area contributed by atoms with Crippen LogP contribution in [0.4, 0.5) is 0 Å². The number of aromatic nitrogens is 1. The van der Waals surface area contributed by atoms with Crippen molar-refractivity contribution >= 4 is 10.9 Å². The van der Waals surface area contributed by atoms with Gasteiger partial charge in [-0.1, -0.05) is 18.6 Å². The standard InChI is InChI=1S/C16H19N3/c17-19-16(15-12-4-1-5-13(12)15)11-6-7-14-10(9-11)3-2-8-18-14/h2-3,6-9,12-13,15-16,19H,1,4-5,17H2. The number of rotatable bonds is 3. The minimum absolute atomic E-state index is 0.305. The Kier molecular flexibility index (Phi) is 2.57. The first-order valence-electron chi connectivity index (χ1n) is 7.19. The van der Waals surface area contributed by atoms with Gasteiger partial charge in [-0.25, -0.2) is 0 Å². The Morgan fingerprint density at radius 3 is 2.84 bits per heavy atom. The average molecular weight is 253 g/mol. The fourth-order valence-electron chi connectivity index (χ4n) is 4.09. The first-order valence-corrected chi connectivity index (χ1v) is 7.19. The number of fused-ring (bicyclic) bond motifs is 2. The SMILES string of the molecule is NNC(c1ccc2ncccc2c1)C1C2CCCC21. The summed E-state index contributed by atoms with van der Waals surface area (Å²) in [4.78, 5) is 4.37. The minimum atomic E-state index is 0.305. The Hall–Kier alpha value is -1.45. The van der Waals surface area contributed by atoms with E-state index in [4.69, 9.17) is 5.84 Å². The summed E-state index contributed by atoms with van der Waals surface area (Å²) in [5.74, 6) is 8.39. The highest BCUT2D eigenvalue weighted by atomic mass is 15.2. The van der Waals surface area contributed by atoms with Crippen molar-refractivity contribution in [3.63, 3.8) is 0 Å². The van der Waals surface area contributed by atoms with Gasteiger partial charge in [0.15, 0.2) is 0 Å². The number of hydrogen-bond donors (Lipinski definition) is 2. The van der Waals surface area contributed by atoms with E-state index >= 15 is 0 Å². The highest BCUT2D eigenvalue weighted by molar-refractivity contribution is 5.79. The third-order valence-corrected chi connectivity index (χ3v) is 5.02. The maximum Gasteiger partial charge on any atom is 0.0702 e. The Morgan fingerprint density at radius 1 is 1.21 bits per heavy atom. The number of nitrogens with two attached hydrogens (primary N) is 1. The Bertz CT molecular complexity index is 600. The first kappa shape index (κ1) is 11.4. The van der Waals surface area contributed by atoms with Crippen LogP contribution in [-0.2, 0) is 0 Å². The van der Waals surface area contributed by atoms with Crippen LogP contribution in [0.2, 0.25) is 0 Å². The van der Waals surface area contributed by atoms with E-state index in [9.17, 15) is 0 Å². The zero-order valence-electron chi connectivity index (χ0n) is 10.9. The van der Waals surface area contributed by atoms with Crippen LogP contribution in [0.1, 0.15) is 30.9 Å². The lowest BCUT2D eigenvalue weighted by atomic mass is 9.96. The van der Waals surface area contributed by atoms with Gasteiger partial charge in [0.1, 0.15) is 0 Å². The van der Waals surface area contributed by atoms with E-state index in [1.807, 2.05) is 12.3 Å². The summed E-state index contributed by atoms with van der Waals surface area (Å²) in [7, 11) is 0. The summed E-state index contributed by atoms with van der Waals surface area (Å²) in [5.41, 5.74) is 5.41. The van der Waals surface area contributed by atoms with Crippen LogP contribution in [-0.4, -0.2) is 4.98 Å². The average Bonchev–Trinajstić information content (AvgIpc) is 2.92. The Morgan fingerprint density at radius 2 is 2.05 bits per heavy atom. The zero-order chi connectivity index (χ0) is 12.8. The predicted molar refractivity (Wildman–Crippen MR) is 76.1 cm³/mol. The molecule has 0 spiro atoms. The van der Waals surface area contributed by atoms with Crippen molar-refractivity contribution in [1.29, 1.82) is 0 Å². The smallest absolute Gasteiger partial charge is 0.0702 e. The third-order valence-electron chi connectivity index (χ3n) is 5.02. The monoisotopic (exact) mass is 253 g/mol. The van der Waals surface area contributed by atoms with E-state index < -0.39 is 0 Å². The van der Waals surface area contributed by atoms with Crippen molar-refractivity contribution in [3.8, 4) is 0 Å². The molecule has 3 atom stereocenters. The fraction of sp³-hybridized carbons (Fsp3) is 0.438. The summed E-state index contributed by atoms with van der Waals surface area (Å²) < 4.78 is 0. The van der Waals surface area contributed by atoms with Gasteiger partial charge >= 0.3 is 0 Å².